The van der Waals surface area contributed by atoms with E-state index in [0.717, 1.165) is 22.0 Å². The topological polar surface area (TPSA) is 49.0 Å². The molecule has 0 unspecified atom stereocenters. The van der Waals surface area contributed by atoms with E-state index in [1.807, 2.05) is 18.4 Å². The molecule has 1 aliphatic heterocycles. The lowest BCUT2D eigenvalue weighted by Gasteiger charge is -2.20. The molecule has 1 N–H and O–H groups in total. The second-order valence-corrected chi connectivity index (χ2v) is 4.82. The number of fused-ring (bicyclic) bond motifs is 1. The highest BCUT2D eigenvalue weighted by atomic mass is 32.2. The average molecular weight is 285 g/mol. The summed E-state index contributed by atoms with van der Waals surface area (Å²) in [6, 6.07) is 4.03. The monoisotopic (exact) mass is 285 g/mol. The third kappa shape index (κ3) is 4.01. The average Bonchev–Trinajstić information content (AvgIpc) is 2.46. The van der Waals surface area contributed by atoms with Crippen molar-refractivity contribution in [2.24, 2.45) is 0 Å². The van der Waals surface area contributed by atoms with Gasteiger partial charge in [0.2, 0.25) is 0 Å². The van der Waals surface area contributed by atoms with Crippen LogP contribution in [0.25, 0.3) is 0 Å². The first kappa shape index (κ1) is 14.5. The molecule has 0 radical (unpaired) electrons. The Bertz CT molecular complexity index is 414. The van der Waals surface area contributed by atoms with Crippen molar-refractivity contribution >= 4 is 11.8 Å². The fraction of sp³-hybridized carbons (Fsp3) is 0.538. The van der Waals surface area contributed by atoms with Crippen molar-refractivity contribution < 1.29 is 19.0 Å². The Hall–Kier alpha value is -0.950. The van der Waals surface area contributed by atoms with Gasteiger partial charge in [-0.2, -0.15) is 5.48 Å². The maximum Gasteiger partial charge on any atom is 0.162 e. The molecule has 2 rings (SSSR count). The van der Waals surface area contributed by atoms with E-state index in [1.165, 1.54) is 0 Å². The van der Waals surface area contributed by atoms with E-state index in [4.69, 9.17) is 19.0 Å². The largest absolute Gasteiger partial charge is 0.486 e. The highest BCUT2D eigenvalue weighted by Gasteiger charge is 2.15. The van der Waals surface area contributed by atoms with Crippen LogP contribution in [0.5, 0.6) is 11.5 Å². The molecule has 6 heteroatoms. The summed E-state index contributed by atoms with van der Waals surface area (Å²) in [5.41, 5.74) is 4.06. The maximum atomic E-state index is 5.59. The van der Waals surface area contributed by atoms with Crippen LogP contribution in [0.1, 0.15) is 5.56 Å². The highest BCUT2D eigenvalue weighted by Crippen LogP contribution is 2.36. The van der Waals surface area contributed by atoms with Gasteiger partial charge >= 0.3 is 0 Å². The Morgan fingerprint density at radius 1 is 1.21 bits per heavy atom. The van der Waals surface area contributed by atoms with E-state index in [2.05, 4.69) is 5.48 Å². The van der Waals surface area contributed by atoms with Crippen LogP contribution < -0.4 is 15.0 Å². The van der Waals surface area contributed by atoms with E-state index >= 15 is 0 Å². The Labute approximate surface area is 117 Å². The molecule has 1 heterocycles. The third-order valence-electron chi connectivity index (χ3n) is 2.70. The summed E-state index contributed by atoms with van der Waals surface area (Å²) in [6.07, 6.45) is 2.04. The lowest BCUT2D eigenvalue weighted by Crippen LogP contribution is -2.19. The molecule has 19 heavy (non-hydrogen) atoms. The van der Waals surface area contributed by atoms with Gasteiger partial charge in [0.05, 0.1) is 13.2 Å². The van der Waals surface area contributed by atoms with Gasteiger partial charge in [0, 0.05) is 18.6 Å². The van der Waals surface area contributed by atoms with E-state index < -0.39 is 0 Å². The smallest absolute Gasteiger partial charge is 0.162 e. The van der Waals surface area contributed by atoms with Crippen molar-refractivity contribution in [2.45, 2.75) is 11.4 Å². The van der Waals surface area contributed by atoms with Gasteiger partial charge < -0.3 is 14.2 Å². The zero-order valence-electron chi connectivity index (χ0n) is 11.2. The van der Waals surface area contributed by atoms with Crippen LogP contribution in [-0.2, 0) is 16.1 Å². The van der Waals surface area contributed by atoms with Crippen molar-refractivity contribution in [3.63, 3.8) is 0 Å². The number of nitrogens with one attached hydrogen (secondary N) is 1. The van der Waals surface area contributed by atoms with Crippen LogP contribution >= 0.6 is 11.8 Å². The number of hydrogen-bond acceptors (Lipinski definition) is 6. The first-order valence-electron chi connectivity index (χ1n) is 6.15. The second-order valence-electron chi connectivity index (χ2n) is 3.97. The van der Waals surface area contributed by atoms with Gasteiger partial charge in [-0.1, -0.05) is 0 Å². The van der Waals surface area contributed by atoms with Crippen LogP contribution in [0, 0.1) is 0 Å². The van der Waals surface area contributed by atoms with E-state index in [9.17, 15) is 0 Å². The molecular weight excluding hydrogens is 266 g/mol. The number of thioether (sulfide) groups is 1. The lowest BCUT2D eigenvalue weighted by molar-refractivity contribution is 0.00312. The molecule has 0 saturated heterocycles. The molecule has 5 nitrogen and oxygen atoms in total. The summed E-state index contributed by atoms with van der Waals surface area (Å²) in [5.74, 6) is 1.62. The molecule has 0 spiro atoms. The fourth-order valence-corrected chi connectivity index (χ4v) is 2.38. The summed E-state index contributed by atoms with van der Waals surface area (Å²) < 4.78 is 16.1. The number of benzene rings is 1. The minimum atomic E-state index is 0.523. The van der Waals surface area contributed by atoms with Crippen LogP contribution in [-0.4, -0.2) is 39.8 Å². The Kier molecular flexibility index (Phi) is 5.78. The zero-order valence-corrected chi connectivity index (χ0v) is 12.0. The van der Waals surface area contributed by atoms with Crippen molar-refractivity contribution in [3.05, 3.63) is 17.7 Å². The summed E-state index contributed by atoms with van der Waals surface area (Å²) in [4.78, 5) is 6.42. The zero-order chi connectivity index (χ0) is 13.5. The van der Waals surface area contributed by atoms with Crippen molar-refractivity contribution in [1.29, 1.82) is 0 Å². The Morgan fingerprint density at radius 2 is 1.95 bits per heavy atom. The van der Waals surface area contributed by atoms with Gasteiger partial charge in [0.1, 0.15) is 13.2 Å². The van der Waals surface area contributed by atoms with Crippen LogP contribution in [0.4, 0.5) is 0 Å². The predicted octanol–water partition coefficient (Wildman–Crippen LogP) is 1.85. The lowest BCUT2D eigenvalue weighted by atomic mass is 10.2. The molecular formula is C13H19NO4S. The normalized spacial score (nSPS) is 13.6. The molecule has 0 aromatic heterocycles. The molecule has 1 aliphatic rings. The Balaban J connectivity index is 1.98. The van der Waals surface area contributed by atoms with E-state index in [1.54, 1.807) is 18.9 Å². The molecule has 106 valence electrons. The minimum absolute atomic E-state index is 0.523. The minimum Gasteiger partial charge on any atom is -0.486 e. The maximum absolute atomic E-state index is 5.59. The standard InChI is InChI=1S/C13H19NO4S/c1-15-3-6-18-14-9-10-7-11-12(8-13(10)19-2)17-5-4-16-11/h7-8,14H,3-6,9H2,1-2H3. The van der Waals surface area contributed by atoms with Crippen LogP contribution in [0.3, 0.4) is 0 Å². The second kappa shape index (κ2) is 7.59. The fourth-order valence-electron chi connectivity index (χ4n) is 1.77. The predicted molar refractivity (Wildman–Crippen MR) is 73.9 cm³/mol. The molecule has 1 aromatic rings. The quantitative estimate of drug-likeness (QED) is 0.469. The molecule has 0 aliphatic carbocycles. The van der Waals surface area contributed by atoms with Gasteiger partial charge in [-0.3, -0.25) is 4.84 Å². The van der Waals surface area contributed by atoms with E-state index in [0.29, 0.717) is 33.0 Å². The van der Waals surface area contributed by atoms with Crippen molar-refractivity contribution in [3.8, 4) is 11.5 Å². The molecule has 0 bridgehead atoms. The van der Waals surface area contributed by atoms with E-state index in [-0.39, 0.29) is 0 Å². The summed E-state index contributed by atoms with van der Waals surface area (Å²) >= 11 is 1.68. The molecule has 1 aromatic carbocycles. The number of methoxy groups -OCH3 is 1. The first-order valence-corrected chi connectivity index (χ1v) is 7.37. The third-order valence-corrected chi connectivity index (χ3v) is 3.52. The van der Waals surface area contributed by atoms with Crippen molar-refractivity contribution in [1.82, 2.24) is 5.48 Å². The van der Waals surface area contributed by atoms with Crippen molar-refractivity contribution in [2.75, 3.05) is 39.8 Å². The van der Waals surface area contributed by atoms with Gasteiger partial charge in [-0.15, -0.1) is 11.8 Å². The number of hydrogen-bond donors (Lipinski definition) is 1. The van der Waals surface area contributed by atoms with Gasteiger partial charge in [0.15, 0.2) is 11.5 Å². The SMILES string of the molecule is COCCONCc1cc2c(cc1SC)OCCO2. The Morgan fingerprint density at radius 3 is 2.63 bits per heavy atom. The number of ether oxygens (including phenoxy) is 3. The highest BCUT2D eigenvalue weighted by molar-refractivity contribution is 7.98. The number of hydroxylamine groups is 1. The van der Waals surface area contributed by atoms with Crippen LogP contribution in [0.2, 0.25) is 0 Å². The van der Waals surface area contributed by atoms with Gasteiger partial charge in [-0.05, 0) is 24.0 Å². The summed E-state index contributed by atoms with van der Waals surface area (Å²) in [7, 11) is 1.65. The summed E-state index contributed by atoms with van der Waals surface area (Å²) in [5, 5.41) is 0. The molecule has 0 fully saturated rings. The van der Waals surface area contributed by atoms with Gasteiger partial charge in [-0.25, -0.2) is 0 Å². The van der Waals surface area contributed by atoms with Crippen LogP contribution in [0.15, 0.2) is 17.0 Å². The first-order chi connectivity index (χ1) is 9.35. The van der Waals surface area contributed by atoms with Gasteiger partial charge in [0.25, 0.3) is 0 Å². The molecule has 0 amide bonds. The summed E-state index contributed by atoms with van der Waals surface area (Å²) in [6.45, 7) is 2.93. The molecule has 0 atom stereocenters. The number of rotatable bonds is 7. The molecule has 0 saturated carbocycles.